The fourth-order valence-electron chi connectivity index (χ4n) is 2.10. The molecule has 1 aliphatic rings. The number of morpholine rings is 1. The molecule has 0 bridgehead atoms. The minimum absolute atomic E-state index is 0.223. The molecular weight excluding hydrogens is 200 g/mol. The molecule has 0 radical (unpaired) electrons. The molecule has 1 saturated heterocycles. The standard InChI is InChI=1S/C13H20N2O/c14-13(10-12-4-2-1-3-5-12)11-15-6-8-16-9-7-15/h1-5,13H,6-11,14H2/t13-/m0/s1. The number of hydrogen-bond acceptors (Lipinski definition) is 3. The molecule has 1 aliphatic heterocycles. The van der Waals surface area contributed by atoms with Gasteiger partial charge in [0.25, 0.3) is 0 Å². The van der Waals surface area contributed by atoms with E-state index < -0.39 is 0 Å². The molecule has 0 aromatic heterocycles. The minimum atomic E-state index is 0.223. The van der Waals surface area contributed by atoms with Crippen molar-refractivity contribution in [2.75, 3.05) is 32.8 Å². The summed E-state index contributed by atoms with van der Waals surface area (Å²) in [5, 5.41) is 0. The number of nitrogens with zero attached hydrogens (tertiary/aromatic N) is 1. The van der Waals surface area contributed by atoms with Gasteiger partial charge in [0.1, 0.15) is 0 Å². The molecule has 1 aromatic rings. The minimum Gasteiger partial charge on any atom is -0.379 e. The van der Waals surface area contributed by atoms with Gasteiger partial charge in [-0.2, -0.15) is 0 Å². The van der Waals surface area contributed by atoms with Crippen molar-refractivity contribution in [1.29, 1.82) is 0 Å². The lowest BCUT2D eigenvalue weighted by molar-refractivity contribution is 0.0353. The molecule has 1 aromatic carbocycles. The molecule has 0 amide bonds. The van der Waals surface area contributed by atoms with Crippen molar-refractivity contribution < 1.29 is 4.74 Å². The highest BCUT2D eigenvalue weighted by Gasteiger charge is 2.13. The lowest BCUT2D eigenvalue weighted by atomic mass is 10.1. The number of hydrogen-bond donors (Lipinski definition) is 1. The Morgan fingerprint density at radius 2 is 1.88 bits per heavy atom. The molecule has 3 heteroatoms. The first-order valence-electron chi connectivity index (χ1n) is 5.94. The predicted molar refractivity (Wildman–Crippen MR) is 65.4 cm³/mol. The molecule has 88 valence electrons. The maximum absolute atomic E-state index is 6.15. The summed E-state index contributed by atoms with van der Waals surface area (Å²) in [7, 11) is 0. The number of rotatable bonds is 4. The van der Waals surface area contributed by atoms with Gasteiger partial charge < -0.3 is 10.5 Å². The summed E-state index contributed by atoms with van der Waals surface area (Å²) in [6, 6.07) is 10.7. The Hall–Kier alpha value is -0.900. The number of ether oxygens (including phenoxy) is 1. The van der Waals surface area contributed by atoms with Crippen molar-refractivity contribution in [1.82, 2.24) is 4.90 Å². The third-order valence-corrected chi connectivity index (χ3v) is 2.94. The molecule has 1 heterocycles. The Morgan fingerprint density at radius 3 is 2.56 bits per heavy atom. The van der Waals surface area contributed by atoms with Gasteiger partial charge >= 0.3 is 0 Å². The van der Waals surface area contributed by atoms with Crippen LogP contribution in [0.15, 0.2) is 30.3 Å². The van der Waals surface area contributed by atoms with Crippen LogP contribution < -0.4 is 5.73 Å². The Balaban J connectivity index is 1.77. The van der Waals surface area contributed by atoms with Gasteiger partial charge in [-0.1, -0.05) is 30.3 Å². The van der Waals surface area contributed by atoms with E-state index in [0.29, 0.717) is 0 Å². The van der Waals surface area contributed by atoms with E-state index in [4.69, 9.17) is 10.5 Å². The third kappa shape index (κ3) is 3.59. The molecule has 0 unspecified atom stereocenters. The summed E-state index contributed by atoms with van der Waals surface area (Å²) in [6.07, 6.45) is 0.957. The van der Waals surface area contributed by atoms with Crippen LogP contribution in [-0.2, 0) is 11.2 Å². The van der Waals surface area contributed by atoms with Crippen LogP contribution in [0.2, 0.25) is 0 Å². The van der Waals surface area contributed by atoms with Crippen LogP contribution >= 0.6 is 0 Å². The molecule has 3 nitrogen and oxygen atoms in total. The van der Waals surface area contributed by atoms with Gasteiger partial charge in [0, 0.05) is 25.7 Å². The van der Waals surface area contributed by atoms with E-state index in [1.807, 2.05) is 6.07 Å². The van der Waals surface area contributed by atoms with Gasteiger partial charge in [0.05, 0.1) is 13.2 Å². The molecule has 0 aliphatic carbocycles. The Bertz CT molecular complexity index is 296. The summed E-state index contributed by atoms with van der Waals surface area (Å²) in [6.45, 7) is 4.69. The van der Waals surface area contributed by atoms with E-state index in [1.54, 1.807) is 0 Å². The van der Waals surface area contributed by atoms with E-state index >= 15 is 0 Å². The second kappa shape index (κ2) is 5.99. The molecular formula is C13H20N2O. The highest BCUT2D eigenvalue weighted by molar-refractivity contribution is 5.15. The summed E-state index contributed by atoms with van der Waals surface area (Å²) in [5.41, 5.74) is 7.48. The highest BCUT2D eigenvalue weighted by atomic mass is 16.5. The normalized spacial score (nSPS) is 19.6. The fourth-order valence-corrected chi connectivity index (χ4v) is 2.10. The van der Waals surface area contributed by atoms with Crippen molar-refractivity contribution >= 4 is 0 Å². The molecule has 2 rings (SSSR count). The zero-order chi connectivity index (χ0) is 11.2. The van der Waals surface area contributed by atoms with Crippen molar-refractivity contribution in [2.45, 2.75) is 12.5 Å². The van der Waals surface area contributed by atoms with Crippen molar-refractivity contribution in [3.05, 3.63) is 35.9 Å². The molecule has 1 atom stereocenters. The fraction of sp³-hybridized carbons (Fsp3) is 0.538. The van der Waals surface area contributed by atoms with E-state index in [9.17, 15) is 0 Å². The average molecular weight is 220 g/mol. The lowest BCUT2D eigenvalue weighted by Gasteiger charge is -2.29. The topological polar surface area (TPSA) is 38.5 Å². The zero-order valence-corrected chi connectivity index (χ0v) is 9.64. The molecule has 16 heavy (non-hydrogen) atoms. The summed E-state index contributed by atoms with van der Waals surface area (Å²) >= 11 is 0. The second-order valence-electron chi connectivity index (χ2n) is 4.36. The zero-order valence-electron chi connectivity index (χ0n) is 9.64. The molecule has 2 N–H and O–H groups in total. The number of benzene rings is 1. The van der Waals surface area contributed by atoms with Crippen molar-refractivity contribution in [3.63, 3.8) is 0 Å². The van der Waals surface area contributed by atoms with Crippen LogP contribution in [0.4, 0.5) is 0 Å². The molecule has 1 fully saturated rings. The van der Waals surface area contributed by atoms with Crippen LogP contribution in [0.25, 0.3) is 0 Å². The van der Waals surface area contributed by atoms with E-state index in [2.05, 4.69) is 29.2 Å². The summed E-state index contributed by atoms with van der Waals surface area (Å²) in [5.74, 6) is 0. The Labute approximate surface area is 97.2 Å². The van der Waals surface area contributed by atoms with Gasteiger partial charge in [-0.15, -0.1) is 0 Å². The van der Waals surface area contributed by atoms with Gasteiger partial charge in [-0.05, 0) is 12.0 Å². The van der Waals surface area contributed by atoms with Gasteiger partial charge in [-0.25, -0.2) is 0 Å². The van der Waals surface area contributed by atoms with Gasteiger partial charge in [-0.3, -0.25) is 4.90 Å². The number of nitrogens with two attached hydrogens (primary N) is 1. The van der Waals surface area contributed by atoms with E-state index in [0.717, 1.165) is 39.3 Å². The van der Waals surface area contributed by atoms with Crippen molar-refractivity contribution in [2.24, 2.45) is 5.73 Å². The average Bonchev–Trinajstić information content (AvgIpc) is 2.31. The van der Waals surface area contributed by atoms with E-state index in [1.165, 1.54) is 5.56 Å². The van der Waals surface area contributed by atoms with Crippen LogP contribution in [0.3, 0.4) is 0 Å². The Kier molecular flexibility index (Phi) is 4.34. The third-order valence-electron chi connectivity index (χ3n) is 2.94. The quantitative estimate of drug-likeness (QED) is 0.819. The summed E-state index contributed by atoms with van der Waals surface area (Å²) in [4.78, 5) is 2.39. The largest absolute Gasteiger partial charge is 0.379 e. The van der Waals surface area contributed by atoms with Crippen LogP contribution in [0, 0.1) is 0 Å². The second-order valence-corrected chi connectivity index (χ2v) is 4.36. The van der Waals surface area contributed by atoms with Crippen LogP contribution in [-0.4, -0.2) is 43.8 Å². The lowest BCUT2D eigenvalue weighted by Crippen LogP contribution is -2.44. The van der Waals surface area contributed by atoms with Crippen LogP contribution in [0.5, 0.6) is 0 Å². The van der Waals surface area contributed by atoms with E-state index in [-0.39, 0.29) is 6.04 Å². The maximum Gasteiger partial charge on any atom is 0.0594 e. The first-order valence-corrected chi connectivity index (χ1v) is 5.94. The van der Waals surface area contributed by atoms with Crippen LogP contribution in [0.1, 0.15) is 5.56 Å². The monoisotopic (exact) mass is 220 g/mol. The highest BCUT2D eigenvalue weighted by Crippen LogP contribution is 2.04. The smallest absolute Gasteiger partial charge is 0.0594 e. The maximum atomic E-state index is 6.15. The SMILES string of the molecule is N[C@@H](Cc1ccccc1)CN1CCOCC1. The Morgan fingerprint density at radius 1 is 1.19 bits per heavy atom. The van der Waals surface area contributed by atoms with Gasteiger partial charge in [0.15, 0.2) is 0 Å². The molecule has 0 saturated carbocycles. The first kappa shape index (κ1) is 11.6. The molecule has 0 spiro atoms. The van der Waals surface area contributed by atoms with Crippen molar-refractivity contribution in [3.8, 4) is 0 Å². The first-order chi connectivity index (χ1) is 7.84. The van der Waals surface area contributed by atoms with Gasteiger partial charge in [0.2, 0.25) is 0 Å². The summed E-state index contributed by atoms with van der Waals surface area (Å²) < 4.78 is 5.32. The predicted octanol–water partition coefficient (Wildman–Crippen LogP) is 0.889.